The van der Waals surface area contributed by atoms with Crippen molar-refractivity contribution in [2.24, 2.45) is 4.99 Å². The molecule has 1 aromatic carbocycles. The molecule has 0 saturated carbocycles. The molecule has 0 spiro atoms. The van der Waals surface area contributed by atoms with E-state index in [1.54, 1.807) is 0 Å². The molecule has 1 aromatic rings. The fourth-order valence-electron chi connectivity index (χ4n) is 3.97. The predicted molar refractivity (Wildman–Crippen MR) is 121 cm³/mol. The predicted octanol–water partition coefficient (Wildman–Crippen LogP) is 2.51. The molecule has 2 rings (SSSR count). The van der Waals surface area contributed by atoms with E-state index in [2.05, 4.69) is 66.6 Å². The summed E-state index contributed by atoms with van der Waals surface area (Å²) in [5.41, 5.74) is 1.35. The summed E-state index contributed by atoms with van der Waals surface area (Å²) in [6.45, 7) is 13.6. The first-order chi connectivity index (χ1) is 14.1. The van der Waals surface area contributed by atoms with Crippen LogP contribution in [-0.4, -0.2) is 73.0 Å². The van der Waals surface area contributed by atoms with Gasteiger partial charge in [0.05, 0.1) is 6.54 Å². The van der Waals surface area contributed by atoms with E-state index in [1.165, 1.54) is 5.56 Å². The van der Waals surface area contributed by atoms with Gasteiger partial charge in [0.25, 0.3) is 0 Å². The van der Waals surface area contributed by atoms with Crippen molar-refractivity contribution in [3.05, 3.63) is 35.9 Å². The number of nitrogens with zero attached hydrogens (tertiary/aromatic N) is 3. The molecule has 2 unspecified atom stereocenters. The maximum Gasteiger partial charge on any atom is 0.222 e. The lowest BCUT2D eigenvalue weighted by atomic mass is 10.0. The van der Waals surface area contributed by atoms with Crippen LogP contribution in [0.5, 0.6) is 0 Å². The third-order valence-corrected chi connectivity index (χ3v) is 5.63. The second-order valence-corrected chi connectivity index (χ2v) is 7.61. The summed E-state index contributed by atoms with van der Waals surface area (Å²) in [5, 5.41) is 6.93. The Balaban J connectivity index is 2.03. The molecular weight excluding hydrogens is 362 g/mol. The summed E-state index contributed by atoms with van der Waals surface area (Å²) in [4.78, 5) is 21.3. The third kappa shape index (κ3) is 7.35. The average molecular weight is 402 g/mol. The number of likely N-dealkylation sites (tertiary alicyclic amines) is 1. The van der Waals surface area contributed by atoms with E-state index < -0.39 is 0 Å². The minimum atomic E-state index is 0.237. The number of carbonyl (C=O) groups excluding carboxylic acids is 1. The zero-order chi connectivity index (χ0) is 21.1. The monoisotopic (exact) mass is 401 g/mol. The van der Waals surface area contributed by atoms with Gasteiger partial charge < -0.3 is 15.5 Å². The van der Waals surface area contributed by atoms with Gasteiger partial charge in [-0.3, -0.25) is 14.7 Å². The molecular formula is C23H39N5O. The Morgan fingerprint density at radius 3 is 2.55 bits per heavy atom. The van der Waals surface area contributed by atoms with Gasteiger partial charge in [0.15, 0.2) is 5.96 Å². The third-order valence-electron chi connectivity index (χ3n) is 5.63. The maximum atomic E-state index is 11.9. The van der Waals surface area contributed by atoms with Gasteiger partial charge >= 0.3 is 0 Å². The molecule has 0 radical (unpaired) electrons. The highest BCUT2D eigenvalue weighted by atomic mass is 16.2. The Hall–Kier alpha value is -2.08. The number of likely N-dealkylation sites (N-methyl/N-ethyl adjacent to an activating group) is 1. The molecule has 1 heterocycles. The Kier molecular flexibility index (Phi) is 9.98. The van der Waals surface area contributed by atoms with E-state index in [1.807, 2.05) is 11.8 Å². The van der Waals surface area contributed by atoms with Crippen LogP contribution >= 0.6 is 0 Å². The van der Waals surface area contributed by atoms with Gasteiger partial charge in [-0.2, -0.15) is 0 Å². The zero-order valence-electron chi connectivity index (χ0n) is 18.7. The Morgan fingerprint density at radius 2 is 1.93 bits per heavy atom. The van der Waals surface area contributed by atoms with Crippen LogP contribution in [0, 0.1) is 0 Å². The molecule has 6 nitrogen and oxygen atoms in total. The van der Waals surface area contributed by atoms with Crippen molar-refractivity contribution in [3.63, 3.8) is 0 Å². The highest BCUT2D eigenvalue weighted by molar-refractivity contribution is 5.80. The van der Waals surface area contributed by atoms with Crippen molar-refractivity contribution < 1.29 is 4.79 Å². The van der Waals surface area contributed by atoms with Gasteiger partial charge in [-0.05, 0) is 38.4 Å². The van der Waals surface area contributed by atoms with Gasteiger partial charge in [0, 0.05) is 38.1 Å². The van der Waals surface area contributed by atoms with Crippen molar-refractivity contribution in [3.8, 4) is 0 Å². The van der Waals surface area contributed by atoms with Crippen LogP contribution in [0.15, 0.2) is 35.3 Å². The lowest BCUT2D eigenvalue weighted by Gasteiger charge is -2.29. The molecule has 0 aliphatic carbocycles. The van der Waals surface area contributed by atoms with Crippen LogP contribution in [0.25, 0.3) is 0 Å². The number of guanidine groups is 1. The van der Waals surface area contributed by atoms with E-state index in [4.69, 9.17) is 4.99 Å². The lowest BCUT2D eigenvalue weighted by molar-refractivity contribution is -0.129. The molecule has 1 aliphatic heterocycles. The van der Waals surface area contributed by atoms with Crippen LogP contribution in [-0.2, 0) is 11.2 Å². The number of amides is 1. The summed E-state index contributed by atoms with van der Waals surface area (Å²) in [7, 11) is 0. The molecule has 1 aliphatic rings. The summed E-state index contributed by atoms with van der Waals surface area (Å²) in [6.07, 6.45) is 2.54. The Labute approximate surface area is 176 Å². The van der Waals surface area contributed by atoms with Gasteiger partial charge in [-0.1, -0.05) is 51.1 Å². The van der Waals surface area contributed by atoms with Crippen molar-refractivity contribution in [2.75, 3.05) is 39.3 Å². The minimum Gasteiger partial charge on any atom is -0.357 e. The first-order valence-electron chi connectivity index (χ1n) is 11.2. The van der Waals surface area contributed by atoms with E-state index >= 15 is 0 Å². The number of aliphatic imine (C=N–C) groups is 1. The fourth-order valence-corrected chi connectivity index (χ4v) is 3.97. The summed E-state index contributed by atoms with van der Waals surface area (Å²) >= 11 is 0. The topological polar surface area (TPSA) is 60.0 Å². The van der Waals surface area contributed by atoms with Crippen LogP contribution in [0.2, 0.25) is 0 Å². The molecule has 2 atom stereocenters. The largest absolute Gasteiger partial charge is 0.357 e. The zero-order valence-corrected chi connectivity index (χ0v) is 18.7. The molecule has 6 heteroatoms. The molecule has 1 amide bonds. The summed E-state index contributed by atoms with van der Waals surface area (Å²) < 4.78 is 0. The Bertz CT molecular complexity index is 629. The van der Waals surface area contributed by atoms with Gasteiger partial charge in [-0.25, -0.2) is 0 Å². The number of hydrogen-bond donors (Lipinski definition) is 2. The second kappa shape index (κ2) is 12.5. The number of benzene rings is 1. The number of carbonyl (C=O) groups is 1. The van der Waals surface area contributed by atoms with E-state index in [-0.39, 0.29) is 11.9 Å². The van der Waals surface area contributed by atoms with Crippen molar-refractivity contribution in [1.82, 2.24) is 20.4 Å². The molecule has 2 N–H and O–H groups in total. The van der Waals surface area contributed by atoms with Gasteiger partial charge in [0.1, 0.15) is 0 Å². The lowest BCUT2D eigenvalue weighted by Crippen LogP contribution is -2.46. The van der Waals surface area contributed by atoms with Gasteiger partial charge in [-0.15, -0.1) is 0 Å². The minimum absolute atomic E-state index is 0.237. The average Bonchev–Trinajstić information content (AvgIpc) is 3.21. The van der Waals surface area contributed by atoms with E-state index in [9.17, 15) is 4.79 Å². The number of hydrogen-bond acceptors (Lipinski definition) is 3. The standard InChI is InChI=1S/C23H39N5O/c1-5-22(29)28-15-14-20(18-28)26-23(24-6-2)25-17-21(27(7-3)8-4)16-19-12-10-9-11-13-19/h9-13,20-21H,5-8,14-18H2,1-4H3,(H2,24,25,26). The molecule has 29 heavy (non-hydrogen) atoms. The molecule has 1 fully saturated rings. The first kappa shape index (κ1) is 23.2. The van der Waals surface area contributed by atoms with Crippen LogP contribution < -0.4 is 10.6 Å². The highest BCUT2D eigenvalue weighted by Gasteiger charge is 2.26. The highest BCUT2D eigenvalue weighted by Crippen LogP contribution is 2.12. The quantitative estimate of drug-likeness (QED) is 0.467. The first-order valence-corrected chi connectivity index (χ1v) is 11.2. The molecule has 0 bridgehead atoms. The maximum absolute atomic E-state index is 11.9. The normalized spacial score (nSPS) is 18.2. The van der Waals surface area contributed by atoms with Crippen LogP contribution in [0.1, 0.15) is 46.1 Å². The van der Waals surface area contributed by atoms with Crippen LogP contribution in [0.4, 0.5) is 0 Å². The second-order valence-electron chi connectivity index (χ2n) is 7.61. The van der Waals surface area contributed by atoms with E-state index in [0.717, 1.165) is 58.1 Å². The SMILES string of the molecule is CCNC(=NCC(Cc1ccccc1)N(CC)CC)NC1CCN(C(=O)CC)C1. The smallest absolute Gasteiger partial charge is 0.222 e. The number of nitrogens with one attached hydrogen (secondary N) is 2. The van der Waals surface area contributed by atoms with Crippen molar-refractivity contribution >= 4 is 11.9 Å². The van der Waals surface area contributed by atoms with Crippen LogP contribution in [0.3, 0.4) is 0 Å². The molecule has 1 saturated heterocycles. The van der Waals surface area contributed by atoms with Gasteiger partial charge in [0.2, 0.25) is 5.91 Å². The van der Waals surface area contributed by atoms with E-state index in [0.29, 0.717) is 12.5 Å². The summed E-state index contributed by atoms with van der Waals surface area (Å²) in [5.74, 6) is 1.09. The Morgan fingerprint density at radius 1 is 1.21 bits per heavy atom. The number of rotatable bonds is 10. The van der Waals surface area contributed by atoms with Crippen molar-refractivity contribution in [1.29, 1.82) is 0 Å². The molecule has 0 aromatic heterocycles. The molecule has 162 valence electrons. The summed E-state index contributed by atoms with van der Waals surface area (Å²) in [6, 6.07) is 11.3. The fraction of sp³-hybridized carbons (Fsp3) is 0.652. The van der Waals surface area contributed by atoms with Crippen molar-refractivity contribution in [2.45, 2.75) is 59.0 Å².